The second-order valence-corrected chi connectivity index (χ2v) is 6.42. The van der Waals surface area contributed by atoms with Gasteiger partial charge in [-0.1, -0.05) is 18.2 Å². The van der Waals surface area contributed by atoms with Crippen LogP contribution in [0.4, 0.5) is 5.69 Å². The summed E-state index contributed by atoms with van der Waals surface area (Å²) in [7, 11) is 0. The summed E-state index contributed by atoms with van der Waals surface area (Å²) in [4.78, 5) is 41.1. The monoisotopic (exact) mass is 362 g/mol. The van der Waals surface area contributed by atoms with E-state index in [1.54, 1.807) is 29.3 Å². The molecular weight excluding hydrogens is 344 g/mol. The Morgan fingerprint density at radius 2 is 1.81 bits per heavy atom. The molecule has 0 unspecified atom stereocenters. The molecule has 0 radical (unpaired) electrons. The SMILES string of the molecule is CC(=O)N1CCc2cc(C(=O)NNC(=O)c3c[nH]c4ccccc34)ccc21. The number of anilines is 1. The van der Waals surface area contributed by atoms with Crippen molar-refractivity contribution in [3.05, 3.63) is 65.4 Å². The van der Waals surface area contributed by atoms with Gasteiger partial charge in [-0.2, -0.15) is 0 Å². The Labute approximate surface area is 155 Å². The summed E-state index contributed by atoms with van der Waals surface area (Å²) < 4.78 is 0. The zero-order valence-corrected chi connectivity index (χ0v) is 14.7. The van der Waals surface area contributed by atoms with Gasteiger partial charge in [-0.05, 0) is 36.2 Å². The molecule has 3 aromatic rings. The van der Waals surface area contributed by atoms with Gasteiger partial charge < -0.3 is 9.88 Å². The molecule has 3 N–H and O–H groups in total. The number of amides is 3. The highest BCUT2D eigenvalue weighted by atomic mass is 16.2. The number of carbonyl (C=O) groups excluding carboxylic acids is 3. The number of aromatic amines is 1. The number of H-pyrrole nitrogens is 1. The van der Waals surface area contributed by atoms with Gasteiger partial charge >= 0.3 is 0 Å². The van der Waals surface area contributed by atoms with Gasteiger partial charge in [-0.15, -0.1) is 0 Å². The number of nitrogens with zero attached hydrogens (tertiary/aromatic N) is 1. The molecule has 136 valence electrons. The first kappa shape index (κ1) is 16.8. The van der Waals surface area contributed by atoms with Crippen molar-refractivity contribution in [3.8, 4) is 0 Å². The maximum absolute atomic E-state index is 12.4. The van der Waals surface area contributed by atoms with E-state index in [9.17, 15) is 14.4 Å². The Bertz CT molecular complexity index is 1070. The third kappa shape index (κ3) is 3.03. The van der Waals surface area contributed by atoms with Crippen molar-refractivity contribution in [2.75, 3.05) is 11.4 Å². The van der Waals surface area contributed by atoms with Crippen LogP contribution in [0.25, 0.3) is 10.9 Å². The van der Waals surface area contributed by atoms with Crippen LogP contribution in [0.3, 0.4) is 0 Å². The maximum atomic E-state index is 12.4. The number of hydrogen-bond acceptors (Lipinski definition) is 3. The van der Waals surface area contributed by atoms with Crippen molar-refractivity contribution in [3.63, 3.8) is 0 Å². The first-order chi connectivity index (χ1) is 13.0. The minimum atomic E-state index is -0.410. The largest absolute Gasteiger partial charge is 0.360 e. The third-order valence-corrected chi connectivity index (χ3v) is 4.74. The first-order valence-corrected chi connectivity index (χ1v) is 8.62. The highest BCUT2D eigenvalue weighted by molar-refractivity contribution is 6.07. The summed E-state index contributed by atoms with van der Waals surface area (Å²) in [6, 6.07) is 12.6. The van der Waals surface area contributed by atoms with Crippen molar-refractivity contribution in [1.82, 2.24) is 15.8 Å². The minimum absolute atomic E-state index is 0.0167. The van der Waals surface area contributed by atoms with E-state index in [0.717, 1.165) is 22.2 Å². The minimum Gasteiger partial charge on any atom is -0.360 e. The van der Waals surface area contributed by atoms with Crippen molar-refractivity contribution in [2.45, 2.75) is 13.3 Å². The van der Waals surface area contributed by atoms with Crippen LogP contribution in [0.1, 0.15) is 33.2 Å². The van der Waals surface area contributed by atoms with E-state index >= 15 is 0 Å². The quantitative estimate of drug-likeness (QED) is 0.610. The molecule has 7 heteroatoms. The Balaban J connectivity index is 1.45. The van der Waals surface area contributed by atoms with Crippen molar-refractivity contribution < 1.29 is 14.4 Å². The van der Waals surface area contributed by atoms with Crippen molar-refractivity contribution in [1.29, 1.82) is 0 Å². The number of carbonyl (C=O) groups is 3. The molecular formula is C20H18N4O3. The predicted molar refractivity (Wildman–Crippen MR) is 101 cm³/mol. The predicted octanol–water partition coefficient (Wildman–Crippen LogP) is 2.15. The Hall–Kier alpha value is -3.61. The van der Waals surface area contributed by atoms with Crippen LogP contribution in [0.15, 0.2) is 48.7 Å². The fourth-order valence-electron chi connectivity index (χ4n) is 3.38. The van der Waals surface area contributed by atoms with Gasteiger partial charge in [0.05, 0.1) is 5.56 Å². The van der Waals surface area contributed by atoms with E-state index in [1.165, 1.54) is 6.92 Å². The maximum Gasteiger partial charge on any atom is 0.271 e. The fraction of sp³-hybridized carbons (Fsp3) is 0.150. The van der Waals surface area contributed by atoms with Gasteiger partial charge in [-0.25, -0.2) is 0 Å². The number of fused-ring (bicyclic) bond motifs is 2. The van der Waals surface area contributed by atoms with Crippen molar-refractivity contribution >= 4 is 34.3 Å². The van der Waals surface area contributed by atoms with Gasteiger partial charge in [-0.3, -0.25) is 25.2 Å². The van der Waals surface area contributed by atoms with E-state index in [1.807, 2.05) is 24.3 Å². The van der Waals surface area contributed by atoms with Crippen LogP contribution in [0.2, 0.25) is 0 Å². The fourth-order valence-corrected chi connectivity index (χ4v) is 3.38. The molecule has 0 saturated carbocycles. The molecule has 2 heterocycles. The number of para-hydroxylation sites is 1. The molecule has 1 aliphatic rings. The Kier molecular flexibility index (Phi) is 4.12. The van der Waals surface area contributed by atoms with E-state index in [2.05, 4.69) is 15.8 Å². The average molecular weight is 362 g/mol. The van der Waals surface area contributed by atoms with Crippen LogP contribution >= 0.6 is 0 Å². The van der Waals surface area contributed by atoms with Gasteiger partial charge in [0, 0.05) is 41.8 Å². The van der Waals surface area contributed by atoms with Crippen molar-refractivity contribution in [2.24, 2.45) is 0 Å². The van der Waals surface area contributed by atoms with E-state index in [-0.39, 0.29) is 5.91 Å². The molecule has 2 aromatic carbocycles. The average Bonchev–Trinajstić information content (AvgIpc) is 3.29. The molecule has 7 nitrogen and oxygen atoms in total. The molecule has 1 aliphatic heterocycles. The number of aromatic nitrogens is 1. The standard InChI is InChI=1S/C20H18N4O3/c1-12(25)24-9-8-13-10-14(6-7-18(13)24)19(26)22-23-20(27)16-11-21-17-5-3-2-4-15(16)17/h2-7,10-11,21H,8-9H2,1H3,(H,22,26)(H,23,27). The van der Waals surface area contributed by atoms with Crippen LogP contribution < -0.4 is 15.8 Å². The summed E-state index contributed by atoms with van der Waals surface area (Å²) in [6.45, 7) is 2.14. The zero-order chi connectivity index (χ0) is 19.0. The normalized spacial score (nSPS) is 12.7. The second-order valence-electron chi connectivity index (χ2n) is 6.42. The van der Waals surface area contributed by atoms with Gasteiger partial charge in [0.15, 0.2) is 0 Å². The molecule has 4 rings (SSSR count). The van der Waals surface area contributed by atoms with Crippen LogP contribution in [0, 0.1) is 0 Å². The topological polar surface area (TPSA) is 94.3 Å². The highest BCUT2D eigenvalue weighted by Gasteiger charge is 2.23. The highest BCUT2D eigenvalue weighted by Crippen LogP contribution is 2.28. The Morgan fingerprint density at radius 3 is 2.63 bits per heavy atom. The van der Waals surface area contributed by atoms with E-state index in [0.29, 0.717) is 24.1 Å². The second kappa shape index (κ2) is 6.60. The number of nitrogens with one attached hydrogen (secondary N) is 3. The molecule has 0 spiro atoms. The summed E-state index contributed by atoms with van der Waals surface area (Å²) in [5, 5.41) is 0.783. The zero-order valence-electron chi connectivity index (χ0n) is 14.7. The number of hydrogen-bond donors (Lipinski definition) is 3. The molecule has 27 heavy (non-hydrogen) atoms. The smallest absolute Gasteiger partial charge is 0.271 e. The van der Waals surface area contributed by atoms with Crippen LogP contribution in [0.5, 0.6) is 0 Å². The van der Waals surface area contributed by atoms with Crippen LogP contribution in [-0.2, 0) is 11.2 Å². The molecule has 0 atom stereocenters. The van der Waals surface area contributed by atoms with Gasteiger partial charge in [0.2, 0.25) is 5.91 Å². The molecule has 0 bridgehead atoms. The van der Waals surface area contributed by atoms with Crippen LogP contribution in [-0.4, -0.2) is 29.3 Å². The number of hydrazine groups is 1. The number of rotatable bonds is 2. The molecule has 1 aromatic heterocycles. The molecule has 0 saturated heterocycles. The lowest BCUT2D eigenvalue weighted by molar-refractivity contribution is -0.116. The van der Waals surface area contributed by atoms with Gasteiger partial charge in [0.1, 0.15) is 0 Å². The first-order valence-electron chi connectivity index (χ1n) is 8.62. The third-order valence-electron chi connectivity index (χ3n) is 4.74. The Morgan fingerprint density at radius 1 is 1.04 bits per heavy atom. The lowest BCUT2D eigenvalue weighted by Crippen LogP contribution is -2.41. The summed E-state index contributed by atoms with van der Waals surface area (Å²) in [5.74, 6) is -0.825. The van der Waals surface area contributed by atoms with E-state index in [4.69, 9.17) is 0 Å². The molecule has 0 aliphatic carbocycles. The van der Waals surface area contributed by atoms with E-state index < -0.39 is 11.8 Å². The molecule has 0 fully saturated rings. The lowest BCUT2D eigenvalue weighted by atomic mass is 10.1. The molecule has 3 amide bonds. The van der Waals surface area contributed by atoms with Gasteiger partial charge in [0.25, 0.3) is 11.8 Å². The summed E-state index contributed by atoms with van der Waals surface area (Å²) in [6.07, 6.45) is 2.32. The summed E-state index contributed by atoms with van der Waals surface area (Å²) >= 11 is 0. The lowest BCUT2D eigenvalue weighted by Gasteiger charge is -2.14. The summed E-state index contributed by atoms with van der Waals surface area (Å²) in [5.41, 5.74) is 8.41. The number of benzene rings is 2.